The van der Waals surface area contributed by atoms with Crippen LogP contribution >= 0.6 is 0 Å². The third-order valence-corrected chi connectivity index (χ3v) is 6.02. The number of nitrogens with one attached hydrogen (secondary N) is 1. The average Bonchev–Trinajstić information content (AvgIpc) is 2.81. The van der Waals surface area contributed by atoms with E-state index in [1.165, 1.54) is 23.1 Å². The molecule has 30 heavy (non-hydrogen) atoms. The zero-order chi connectivity index (χ0) is 21.5. The molecule has 3 aromatic carbocycles. The van der Waals surface area contributed by atoms with Crippen LogP contribution in [-0.2, 0) is 10.0 Å². The van der Waals surface area contributed by atoms with Gasteiger partial charge < -0.3 is 9.64 Å². The monoisotopic (exact) mass is 430 g/mol. The molecule has 4 rings (SSSR count). The number of nitrogens with zero attached hydrogens (tertiary/aromatic N) is 1. The molecule has 0 aromatic heterocycles. The second-order valence-electron chi connectivity index (χ2n) is 6.49. The van der Waals surface area contributed by atoms with E-state index in [0.29, 0.717) is 18.0 Å². The molecule has 1 amide bonds. The molecule has 1 aliphatic rings. The molecule has 0 unspecified atom stereocenters. The van der Waals surface area contributed by atoms with Crippen molar-refractivity contribution in [2.45, 2.75) is 11.8 Å². The van der Waals surface area contributed by atoms with Crippen LogP contribution in [0.3, 0.4) is 0 Å². The van der Waals surface area contributed by atoms with Gasteiger partial charge in [0.15, 0.2) is 10.6 Å². The predicted molar refractivity (Wildman–Crippen MR) is 107 cm³/mol. The highest BCUT2D eigenvalue weighted by Crippen LogP contribution is 2.39. The Balaban J connectivity index is 1.75. The Morgan fingerprint density at radius 3 is 2.37 bits per heavy atom. The van der Waals surface area contributed by atoms with Gasteiger partial charge in [0.2, 0.25) is 0 Å². The van der Waals surface area contributed by atoms with Crippen molar-refractivity contribution in [2.75, 3.05) is 16.2 Å². The third kappa shape index (κ3) is 3.37. The Morgan fingerprint density at radius 1 is 0.967 bits per heavy atom. The Morgan fingerprint density at radius 2 is 1.67 bits per heavy atom. The number of rotatable bonds is 4. The molecular weight excluding hydrogens is 414 g/mol. The van der Waals surface area contributed by atoms with Gasteiger partial charge in [0.25, 0.3) is 15.9 Å². The Bertz CT molecular complexity index is 1240. The first kappa shape index (κ1) is 19.8. The molecule has 0 saturated heterocycles. The van der Waals surface area contributed by atoms with E-state index in [1.807, 2.05) is 0 Å². The van der Waals surface area contributed by atoms with Crippen LogP contribution in [0.1, 0.15) is 17.3 Å². The fourth-order valence-electron chi connectivity index (χ4n) is 3.25. The van der Waals surface area contributed by atoms with Crippen LogP contribution in [0.25, 0.3) is 0 Å². The summed E-state index contributed by atoms with van der Waals surface area (Å²) in [6.45, 7) is 2.15. The number of carbonyl (C=O) groups is 1. The van der Waals surface area contributed by atoms with Crippen LogP contribution in [-0.4, -0.2) is 20.9 Å². The molecule has 0 fully saturated rings. The van der Waals surface area contributed by atoms with Crippen LogP contribution in [0.5, 0.6) is 11.5 Å². The molecule has 0 spiro atoms. The highest BCUT2D eigenvalue weighted by atomic mass is 32.2. The molecule has 0 saturated carbocycles. The molecular formula is C21H16F2N2O4S. The van der Waals surface area contributed by atoms with Crippen molar-refractivity contribution in [3.8, 4) is 11.5 Å². The van der Waals surface area contributed by atoms with E-state index in [9.17, 15) is 22.0 Å². The number of carbonyl (C=O) groups excluding carboxylic acids is 1. The number of hydrogen-bond donors (Lipinski definition) is 1. The van der Waals surface area contributed by atoms with Gasteiger partial charge in [-0.1, -0.05) is 18.2 Å². The molecule has 9 heteroatoms. The van der Waals surface area contributed by atoms with E-state index in [4.69, 9.17) is 4.74 Å². The van der Waals surface area contributed by atoms with Gasteiger partial charge in [-0.25, -0.2) is 17.2 Å². The van der Waals surface area contributed by atoms with Gasteiger partial charge in [-0.15, -0.1) is 0 Å². The van der Waals surface area contributed by atoms with Crippen molar-refractivity contribution in [2.24, 2.45) is 0 Å². The van der Waals surface area contributed by atoms with Crippen molar-refractivity contribution < 1.29 is 26.7 Å². The van der Waals surface area contributed by atoms with Gasteiger partial charge in [0.05, 0.1) is 11.3 Å². The lowest BCUT2D eigenvalue weighted by molar-refractivity contribution is 0.0988. The lowest BCUT2D eigenvalue weighted by atomic mass is 10.1. The number of hydrogen-bond acceptors (Lipinski definition) is 4. The number of ether oxygens (including phenoxy) is 1. The summed E-state index contributed by atoms with van der Waals surface area (Å²) < 4.78 is 61.0. The van der Waals surface area contributed by atoms with Gasteiger partial charge in [-0.2, -0.15) is 0 Å². The third-order valence-electron chi connectivity index (χ3n) is 4.59. The van der Waals surface area contributed by atoms with Crippen molar-refractivity contribution in [1.82, 2.24) is 0 Å². The van der Waals surface area contributed by atoms with Gasteiger partial charge >= 0.3 is 0 Å². The zero-order valence-electron chi connectivity index (χ0n) is 15.7. The maximum Gasteiger partial charge on any atom is 0.267 e. The standard InChI is InChI=1S/C21H16F2N2O4S/c1-2-25-17-8-3-4-9-19(17)29-18-11-10-13(12-14(18)21(25)26)24-30(27,28)20-15(22)6-5-7-16(20)23/h3-12,24H,2H2,1H3. The first-order valence-corrected chi connectivity index (χ1v) is 10.5. The summed E-state index contributed by atoms with van der Waals surface area (Å²) in [6.07, 6.45) is 0. The normalized spacial score (nSPS) is 13.2. The van der Waals surface area contributed by atoms with Gasteiger partial charge in [-0.3, -0.25) is 9.52 Å². The largest absolute Gasteiger partial charge is 0.454 e. The second kappa shape index (κ2) is 7.42. The molecule has 154 valence electrons. The highest BCUT2D eigenvalue weighted by molar-refractivity contribution is 7.92. The maximum absolute atomic E-state index is 13.9. The maximum atomic E-state index is 13.9. The minimum Gasteiger partial charge on any atom is -0.454 e. The predicted octanol–water partition coefficient (Wildman–Crippen LogP) is 4.54. The minimum atomic E-state index is -4.57. The summed E-state index contributed by atoms with van der Waals surface area (Å²) in [5.41, 5.74) is 0.661. The Kier molecular flexibility index (Phi) is 4.90. The number of amides is 1. The summed E-state index contributed by atoms with van der Waals surface area (Å²) in [4.78, 5) is 13.5. The van der Waals surface area contributed by atoms with E-state index in [1.54, 1.807) is 31.2 Å². The van der Waals surface area contributed by atoms with Crippen LogP contribution < -0.4 is 14.4 Å². The van der Waals surface area contributed by atoms with E-state index < -0.39 is 32.5 Å². The summed E-state index contributed by atoms with van der Waals surface area (Å²) in [5, 5.41) is 0. The quantitative estimate of drug-likeness (QED) is 0.660. The van der Waals surface area contributed by atoms with Crippen molar-refractivity contribution in [1.29, 1.82) is 0 Å². The number of sulfonamides is 1. The molecule has 1 aliphatic heterocycles. The fraction of sp³-hybridized carbons (Fsp3) is 0.0952. The smallest absolute Gasteiger partial charge is 0.267 e. The SMILES string of the molecule is CCN1C(=O)c2cc(NS(=O)(=O)c3c(F)cccc3F)ccc2Oc2ccccc21. The molecule has 0 bridgehead atoms. The van der Waals surface area contributed by atoms with Crippen LogP contribution in [0.2, 0.25) is 0 Å². The van der Waals surface area contributed by atoms with E-state index >= 15 is 0 Å². The number of benzene rings is 3. The number of fused-ring (bicyclic) bond motifs is 2. The minimum absolute atomic E-state index is 0.0321. The number of halogens is 2. The zero-order valence-corrected chi connectivity index (χ0v) is 16.5. The van der Waals surface area contributed by atoms with Gasteiger partial charge in [0, 0.05) is 12.2 Å². The molecule has 1 N–H and O–H groups in total. The second-order valence-corrected chi connectivity index (χ2v) is 8.11. The first-order chi connectivity index (χ1) is 14.3. The molecule has 0 atom stereocenters. The summed E-state index contributed by atoms with van der Waals surface area (Å²) in [6, 6.07) is 13.8. The van der Waals surface area contributed by atoms with E-state index in [-0.39, 0.29) is 17.0 Å². The molecule has 0 aliphatic carbocycles. The molecule has 3 aromatic rings. The summed E-state index contributed by atoms with van der Waals surface area (Å²) >= 11 is 0. The first-order valence-electron chi connectivity index (χ1n) is 9.01. The van der Waals surface area contributed by atoms with Crippen LogP contribution in [0.15, 0.2) is 65.6 Å². The summed E-state index contributed by atoms with van der Waals surface area (Å²) in [5.74, 6) is -2.11. The van der Waals surface area contributed by atoms with E-state index in [0.717, 1.165) is 18.2 Å². The Labute approximate surface area is 171 Å². The lowest BCUT2D eigenvalue weighted by Crippen LogP contribution is -2.29. The highest BCUT2D eigenvalue weighted by Gasteiger charge is 2.29. The number of anilines is 2. The van der Waals surface area contributed by atoms with Gasteiger partial charge in [-0.05, 0) is 49.4 Å². The number of para-hydroxylation sites is 2. The van der Waals surface area contributed by atoms with Crippen LogP contribution in [0.4, 0.5) is 20.2 Å². The summed E-state index contributed by atoms with van der Waals surface area (Å²) in [7, 11) is -4.57. The average molecular weight is 430 g/mol. The van der Waals surface area contributed by atoms with Gasteiger partial charge in [0.1, 0.15) is 17.4 Å². The van der Waals surface area contributed by atoms with Crippen molar-refractivity contribution >= 4 is 27.3 Å². The van der Waals surface area contributed by atoms with Crippen molar-refractivity contribution in [3.05, 3.63) is 77.9 Å². The van der Waals surface area contributed by atoms with Crippen LogP contribution in [0, 0.1) is 11.6 Å². The topological polar surface area (TPSA) is 75.7 Å². The molecule has 0 radical (unpaired) electrons. The van der Waals surface area contributed by atoms with Crippen molar-refractivity contribution in [3.63, 3.8) is 0 Å². The fourth-order valence-corrected chi connectivity index (χ4v) is 4.44. The Hall–Kier alpha value is -3.46. The van der Waals surface area contributed by atoms with E-state index in [2.05, 4.69) is 4.72 Å². The lowest BCUT2D eigenvalue weighted by Gasteiger charge is -2.20. The molecule has 6 nitrogen and oxygen atoms in total. The molecule has 1 heterocycles.